The third kappa shape index (κ3) is 5.07. The molecule has 2 atom stereocenters. The van der Waals surface area contributed by atoms with Gasteiger partial charge in [0.2, 0.25) is 0 Å². The Labute approximate surface area is 110 Å². The molecule has 0 bridgehead atoms. The van der Waals surface area contributed by atoms with Crippen molar-refractivity contribution in [1.29, 1.82) is 0 Å². The van der Waals surface area contributed by atoms with Gasteiger partial charge in [0.1, 0.15) is 5.75 Å². The van der Waals surface area contributed by atoms with Crippen LogP contribution in [0.25, 0.3) is 0 Å². The fourth-order valence-electron chi connectivity index (χ4n) is 1.97. The van der Waals surface area contributed by atoms with Gasteiger partial charge in [-0.25, -0.2) is 0 Å². The van der Waals surface area contributed by atoms with E-state index in [-0.39, 0.29) is 6.10 Å². The molecule has 102 valence electrons. The van der Waals surface area contributed by atoms with E-state index in [0.29, 0.717) is 6.04 Å². The Morgan fingerprint density at radius 2 is 2.06 bits per heavy atom. The van der Waals surface area contributed by atoms with Gasteiger partial charge in [0.15, 0.2) is 0 Å². The average Bonchev–Trinajstić information content (AvgIpc) is 2.39. The minimum Gasteiger partial charge on any atom is -0.496 e. The molecule has 0 fully saturated rings. The molecule has 3 nitrogen and oxygen atoms in total. The molecule has 18 heavy (non-hydrogen) atoms. The van der Waals surface area contributed by atoms with Crippen LogP contribution in [0.3, 0.4) is 0 Å². The van der Waals surface area contributed by atoms with Crippen LogP contribution in [0.2, 0.25) is 0 Å². The van der Waals surface area contributed by atoms with Crippen LogP contribution >= 0.6 is 0 Å². The van der Waals surface area contributed by atoms with Crippen LogP contribution in [0.1, 0.15) is 32.3 Å². The van der Waals surface area contributed by atoms with Crippen LogP contribution in [0, 0.1) is 0 Å². The largest absolute Gasteiger partial charge is 0.496 e. The van der Waals surface area contributed by atoms with Gasteiger partial charge in [0.25, 0.3) is 0 Å². The van der Waals surface area contributed by atoms with E-state index < -0.39 is 0 Å². The summed E-state index contributed by atoms with van der Waals surface area (Å²) >= 11 is 0. The molecular formula is C15H25NO2. The summed E-state index contributed by atoms with van der Waals surface area (Å²) in [7, 11) is 1.70. The molecule has 0 aliphatic rings. The highest BCUT2D eigenvalue weighted by atomic mass is 16.5. The maximum absolute atomic E-state index is 9.48. The first-order chi connectivity index (χ1) is 8.67. The van der Waals surface area contributed by atoms with Crippen molar-refractivity contribution in [3.05, 3.63) is 29.8 Å². The first-order valence-corrected chi connectivity index (χ1v) is 6.70. The molecule has 0 amide bonds. The summed E-state index contributed by atoms with van der Waals surface area (Å²) in [5.41, 5.74) is 1.22. The molecule has 0 saturated carbocycles. The van der Waals surface area contributed by atoms with Crippen LogP contribution in [-0.2, 0) is 6.42 Å². The zero-order chi connectivity index (χ0) is 13.4. The molecule has 2 unspecified atom stereocenters. The van der Waals surface area contributed by atoms with Crippen LogP contribution in [-0.4, -0.2) is 30.9 Å². The van der Waals surface area contributed by atoms with E-state index in [0.717, 1.165) is 31.6 Å². The van der Waals surface area contributed by atoms with E-state index in [9.17, 15) is 5.11 Å². The van der Waals surface area contributed by atoms with Crippen LogP contribution in [0.4, 0.5) is 0 Å². The Morgan fingerprint density at radius 1 is 1.33 bits per heavy atom. The fraction of sp³-hybridized carbons (Fsp3) is 0.600. The second-order valence-electron chi connectivity index (χ2n) is 4.72. The lowest BCUT2D eigenvalue weighted by atomic mass is 10.1. The lowest BCUT2D eigenvalue weighted by molar-refractivity contribution is 0.158. The van der Waals surface area contributed by atoms with Gasteiger partial charge in [-0.3, -0.25) is 0 Å². The molecular weight excluding hydrogens is 226 g/mol. The second kappa shape index (κ2) is 8.11. The van der Waals surface area contributed by atoms with E-state index >= 15 is 0 Å². The molecule has 0 heterocycles. The number of aliphatic hydroxyl groups is 1. The molecule has 0 radical (unpaired) electrons. The predicted molar refractivity (Wildman–Crippen MR) is 75.1 cm³/mol. The minimum atomic E-state index is -0.184. The van der Waals surface area contributed by atoms with E-state index in [1.165, 1.54) is 5.56 Å². The van der Waals surface area contributed by atoms with Gasteiger partial charge in [-0.2, -0.15) is 0 Å². The Kier molecular flexibility index (Phi) is 6.76. The third-order valence-electron chi connectivity index (χ3n) is 3.16. The topological polar surface area (TPSA) is 41.5 Å². The highest BCUT2D eigenvalue weighted by molar-refractivity contribution is 5.33. The number of benzene rings is 1. The molecule has 1 aromatic rings. The summed E-state index contributed by atoms with van der Waals surface area (Å²) in [5, 5.41) is 12.9. The quantitative estimate of drug-likeness (QED) is 0.745. The summed E-state index contributed by atoms with van der Waals surface area (Å²) in [6, 6.07) is 8.48. The predicted octanol–water partition coefficient (Wildman–Crippen LogP) is 2.38. The molecule has 0 spiro atoms. The highest BCUT2D eigenvalue weighted by Crippen LogP contribution is 2.18. The summed E-state index contributed by atoms with van der Waals surface area (Å²) in [5.74, 6) is 0.944. The van der Waals surface area contributed by atoms with E-state index in [4.69, 9.17) is 4.74 Å². The number of methoxy groups -OCH3 is 1. The molecule has 1 aromatic carbocycles. The van der Waals surface area contributed by atoms with Gasteiger partial charge in [0.05, 0.1) is 13.2 Å². The SMILES string of the molecule is CCC(O)CCNC(C)Cc1ccccc1OC. The molecule has 0 aromatic heterocycles. The molecule has 2 N–H and O–H groups in total. The standard InChI is InChI=1S/C15H25NO2/c1-4-14(17)9-10-16-12(2)11-13-7-5-6-8-15(13)18-3/h5-8,12,14,16-17H,4,9-11H2,1-3H3. The smallest absolute Gasteiger partial charge is 0.122 e. The second-order valence-corrected chi connectivity index (χ2v) is 4.72. The van der Waals surface area contributed by atoms with Gasteiger partial charge in [-0.05, 0) is 44.4 Å². The number of aliphatic hydroxyl groups excluding tert-OH is 1. The van der Waals surface area contributed by atoms with Crippen molar-refractivity contribution in [1.82, 2.24) is 5.32 Å². The van der Waals surface area contributed by atoms with E-state index in [2.05, 4.69) is 18.3 Å². The third-order valence-corrected chi connectivity index (χ3v) is 3.16. The lowest BCUT2D eigenvalue weighted by Crippen LogP contribution is -2.30. The summed E-state index contributed by atoms with van der Waals surface area (Å²) in [6.07, 6.45) is 2.39. The fourth-order valence-corrected chi connectivity index (χ4v) is 1.97. The average molecular weight is 251 g/mol. The lowest BCUT2D eigenvalue weighted by Gasteiger charge is -2.16. The van der Waals surface area contributed by atoms with Crippen molar-refractivity contribution >= 4 is 0 Å². The Morgan fingerprint density at radius 3 is 2.72 bits per heavy atom. The zero-order valence-corrected chi connectivity index (χ0v) is 11.6. The Balaban J connectivity index is 2.37. The molecule has 3 heteroatoms. The van der Waals surface area contributed by atoms with Crippen molar-refractivity contribution in [2.45, 2.75) is 45.3 Å². The summed E-state index contributed by atoms with van der Waals surface area (Å²) < 4.78 is 5.34. The maximum Gasteiger partial charge on any atom is 0.122 e. The van der Waals surface area contributed by atoms with Crippen molar-refractivity contribution < 1.29 is 9.84 Å². The van der Waals surface area contributed by atoms with Gasteiger partial charge < -0.3 is 15.2 Å². The Bertz CT molecular complexity index is 341. The number of hydrogen-bond donors (Lipinski definition) is 2. The number of nitrogens with one attached hydrogen (secondary N) is 1. The number of para-hydroxylation sites is 1. The highest BCUT2D eigenvalue weighted by Gasteiger charge is 2.08. The van der Waals surface area contributed by atoms with Crippen molar-refractivity contribution in [2.24, 2.45) is 0 Å². The summed E-state index contributed by atoms with van der Waals surface area (Å²) in [4.78, 5) is 0. The van der Waals surface area contributed by atoms with Crippen molar-refractivity contribution in [2.75, 3.05) is 13.7 Å². The maximum atomic E-state index is 9.48. The van der Waals surface area contributed by atoms with E-state index in [1.807, 2.05) is 25.1 Å². The van der Waals surface area contributed by atoms with Crippen LogP contribution in [0.15, 0.2) is 24.3 Å². The normalized spacial score (nSPS) is 14.2. The number of rotatable bonds is 8. The first-order valence-electron chi connectivity index (χ1n) is 6.70. The van der Waals surface area contributed by atoms with Crippen LogP contribution in [0.5, 0.6) is 5.75 Å². The van der Waals surface area contributed by atoms with Crippen LogP contribution < -0.4 is 10.1 Å². The Hall–Kier alpha value is -1.06. The molecule has 0 aliphatic heterocycles. The minimum absolute atomic E-state index is 0.184. The monoisotopic (exact) mass is 251 g/mol. The number of hydrogen-bond acceptors (Lipinski definition) is 3. The molecule has 0 saturated heterocycles. The van der Waals surface area contributed by atoms with Gasteiger partial charge in [-0.1, -0.05) is 25.1 Å². The summed E-state index contributed by atoms with van der Waals surface area (Å²) in [6.45, 7) is 5.01. The first kappa shape index (κ1) is 15.0. The van der Waals surface area contributed by atoms with Gasteiger partial charge in [0, 0.05) is 6.04 Å². The molecule has 0 aliphatic carbocycles. The van der Waals surface area contributed by atoms with Gasteiger partial charge in [-0.15, -0.1) is 0 Å². The molecule has 1 rings (SSSR count). The van der Waals surface area contributed by atoms with Crippen molar-refractivity contribution in [3.8, 4) is 5.75 Å². The zero-order valence-electron chi connectivity index (χ0n) is 11.6. The number of ether oxygens (including phenoxy) is 1. The van der Waals surface area contributed by atoms with Gasteiger partial charge >= 0.3 is 0 Å². The van der Waals surface area contributed by atoms with E-state index in [1.54, 1.807) is 7.11 Å². The van der Waals surface area contributed by atoms with Crippen molar-refractivity contribution in [3.63, 3.8) is 0 Å².